The van der Waals surface area contributed by atoms with Crippen LogP contribution in [-0.2, 0) is 9.09 Å². The van der Waals surface area contributed by atoms with Crippen molar-refractivity contribution in [2.45, 2.75) is 19.5 Å². The van der Waals surface area contributed by atoms with Crippen LogP contribution in [-0.4, -0.2) is 12.8 Å². The van der Waals surface area contributed by atoms with Gasteiger partial charge < -0.3 is 4.52 Å². The quantitative estimate of drug-likeness (QED) is 0.671. The monoisotopic (exact) mass is 212 g/mol. The molecule has 0 heterocycles. The summed E-state index contributed by atoms with van der Waals surface area (Å²) in [6.45, 7) is 4.22. The first kappa shape index (κ1) is 11.5. The molecule has 0 aromatic rings. The minimum Gasteiger partial charge on any atom is -0.333 e. The van der Waals surface area contributed by atoms with E-state index in [9.17, 15) is 4.57 Å². The van der Waals surface area contributed by atoms with E-state index >= 15 is 0 Å². The van der Waals surface area contributed by atoms with Crippen molar-refractivity contribution in [2.75, 3.05) is 7.11 Å². The van der Waals surface area contributed by atoms with Gasteiger partial charge >= 0.3 is 0 Å². The summed E-state index contributed by atoms with van der Waals surface area (Å²) < 4.78 is 16.5. The second-order valence-electron chi connectivity index (χ2n) is 3.66. The molecule has 0 aromatic carbocycles. The van der Waals surface area contributed by atoms with Gasteiger partial charge in [0.15, 0.2) is 0 Å². The Balaban J connectivity index is 2.87. The third-order valence-corrected chi connectivity index (χ3v) is 3.48. The second-order valence-corrected chi connectivity index (χ2v) is 5.32. The van der Waals surface area contributed by atoms with Crippen LogP contribution in [0.15, 0.2) is 36.0 Å². The molecule has 1 aliphatic carbocycles. The van der Waals surface area contributed by atoms with Gasteiger partial charge in [-0.15, -0.1) is 0 Å². The minimum atomic E-state index is -1.98. The average molecular weight is 212 g/mol. The van der Waals surface area contributed by atoms with E-state index in [1.54, 1.807) is 0 Å². The minimum absolute atomic E-state index is 0.0441. The van der Waals surface area contributed by atoms with Gasteiger partial charge in [0.2, 0.25) is 8.03 Å². The summed E-state index contributed by atoms with van der Waals surface area (Å²) in [6, 6.07) is 0. The fraction of sp³-hybridized carbons (Fsp3) is 0.455. The lowest BCUT2D eigenvalue weighted by molar-refractivity contribution is 0.412. The summed E-state index contributed by atoms with van der Waals surface area (Å²) in [6.07, 6.45) is 9.97. The average Bonchev–Trinajstić information content (AvgIpc) is 2.16. The van der Waals surface area contributed by atoms with Crippen LogP contribution in [0.4, 0.5) is 0 Å². The first-order valence-corrected chi connectivity index (χ1v) is 6.19. The van der Waals surface area contributed by atoms with Crippen molar-refractivity contribution < 1.29 is 9.09 Å². The molecular weight excluding hydrogens is 195 g/mol. The topological polar surface area (TPSA) is 26.3 Å². The van der Waals surface area contributed by atoms with Crippen LogP contribution in [0.25, 0.3) is 0 Å². The van der Waals surface area contributed by atoms with E-state index in [-0.39, 0.29) is 5.66 Å². The van der Waals surface area contributed by atoms with Gasteiger partial charge in [0, 0.05) is 7.11 Å². The smallest absolute Gasteiger partial charge is 0.202 e. The van der Waals surface area contributed by atoms with Gasteiger partial charge in [0.1, 0.15) is 0 Å². The zero-order valence-corrected chi connectivity index (χ0v) is 9.86. The molecule has 0 aliphatic heterocycles. The Labute approximate surface area is 86.2 Å². The summed E-state index contributed by atoms with van der Waals surface area (Å²) in [5, 5.41) is 0. The van der Waals surface area contributed by atoms with Gasteiger partial charge in [-0.2, -0.15) is 0 Å². The predicted octanol–water partition coefficient (Wildman–Crippen LogP) is 3.18. The van der Waals surface area contributed by atoms with Crippen LogP contribution in [0.3, 0.4) is 0 Å². The molecule has 0 N–H and O–H groups in total. The highest BCUT2D eigenvalue weighted by molar-refractivity contribution is 7.40. The maximum absolute atomic E-state index is 11.6. The molecule has 2 nitrogen and oxygen atoms in total. The van der Waals surface area contributed by atoms with Crippen LogP contribution in [0, 0.1) is 5.92 Å². The van der Waals surface area contributed by atoms with Crippen molar-refractivity contribution in [1.82, 2.24) is 0 Å². The highest BCUT2D eigenvalue weighted by Crippen LogP contribution is 2.36. The highest BCUT2D eigenvalue weighted by Gasteiger charge is 2.17. The normalized spacial score (nSPS) is 26.0. The maximum Gasteiger partial charge on any atom is 0.202 e. The first-order chi connectivity index (χ1) is 6.65. The molecule has 78 valence electrons. The molecule has 0 fully saturated rings. The lowest BCUT2D eigenvalue weighted by atomic mass is 10.0. The summed E-state index contributed by atoms with van der Waals surface area (Å²) in [4.78, 5) is 0. The lowest BCUT2D eigenvalue weighted by Crippen LogP contribution is -2.05. The maximum atomic E-state index is 11.6. The van der Waals surface area contributed by atoms with Gasteiger partial charge in [0.25, 0.3) is 0 Å². The third-order valence-electron chi connectivity index (χ3n) is 2.04. The molecule has 3 heteroatoms. The summed E-state index contributed by atoms with van der Waals surface area (Å²) in [7, 11) is -0.479. The van der Waals surface area contributed by atoms with Crippen LogP contribution in [0.2, 0.25) is 0 Å². The molecule has 1 rings (SSSR count). The van der Waals surface area contributed by atoms with Crippen LogP contribution >= 0.6 is 8.03 Å². The van der Waals surface area contributed by atoms with Gasteiger partial charge in [-0.05, 0) is 11.5 Å². The van der Waals surface area contributed by atoms with E-state index in [2.05, 4.69) is 19.9 Å². The van der Waals surface area contributed by atoms with Gasteiger partial charge in [-0.1, -0.05) is 44.2 Å². The molecule has 0 bridgehead atoms. The SMILES string of the molecule is CO[PH](=O)C1C=CC=CC1=CC(C)C. The van der Waals surface area contributed by atoms with Crippen molar-refractivity contribution in [2.24, 2.45) is 5.92 Å². The highest BCUT2D eigenvalue weighted by atomic mass is 31.1. The lowest BCUT2D eigenvalue weighted by Gasteiger charge is -2.16. The Morgan fingerprint density at radius 1 is 1.50 bits per heavy atom. The van der Waals surface area contributed by atoms with E-state index in [1.165, 1.54) is 7.11 Å². The molecule has 2 unspecified atom stereocenters. The molecule has 0 saturated carbocycles. The second kappa shape index (κ2) is 5.33. The number of hydrogen-bond acceptors (Lipinski definition) is 2. The van der Waals surface area contributed by atoms with Crippen molar-refractivity contribution in [3.05, 3.63) is 36.0 Å². The van der Waals surface area contributed by atoms with Crippen molar-refractivity contribution in [1.29, 1.82) is 0 Å². The van der Waals surface area contributed by atoms with Crippen LogP contribution in [0.1, 0.15) is 13.8 Å². The third kappa shape index (κ3) is 2.97. The summed E-state index contributed by atoms with van der Waals surface area (Å²) >= 11 is 0. The number of rotatable bonds is 3. The Hall–Kier alpha value is -0.590. The van der Waals surface area contributed by atoms with Crippen molar-refractivity contribution >= 4 is 8.03 Å². The molecule has 2 atom stereocenters. The van der Waals surface area contributed by atoms with Crippen LogP contribution in [0.5, 0.6) is 0 Å². The fourth-order valence-electron chi connectivity index (χ4n) is 1.44. The zero-order chi connectivity index (χ0) is 10.6. The largest absolute Gasteiger partial charge is 0.333 e. The van der Waals surface area contributed by atoms with E-state index in [0.717, 1.165) is 5.57 Å². The Kier molecular flexibility index (Phi) is 4.37. The van der Waals surface area contributed by atoms with E-state index in [0.29, 0.717) is 5.92 Å². The molecule has 1 aliphatic rings. The van der Waals surface area contributed by atoms with Crippen molar-refractivity contribution in [3.8, 4) is 0 Å². The summed E-state index contributed by atoms with van der Waals surface area (Å²) in [5.74, 6) is 0.468. The molecular formula is C11H17O2P. The Bertz CT molecular complexity index is 300. The molecule has 0 amide bonds. The number of hydrogen-bond donors (Lipinski definition) is 0. The van der Waals surface area contributed by atoms with Crippen molar-refractivity contribution in [3.63, 3.8) is 0 Å². The first-order valence-electron chi connectivity index (χ1n) is 4.79. The van der Waals surface area contributed by atoms with E-state index < -0.39 is 8.03 Å². The molecule has 0 spiro atoms. The molecule has 0 radical (unpaired) electrons. The van der Waals surface area contributed by atoms with Crippen LogP contribution < -0.4 is 0 Å². The van der Waals surface area contributed by atoms with Gasteiger partial charge in [0.05, 0.1) is 5.66 Å². The van der Waals surface area contributed by atoms with E-state index in [4.69, 9.17) is 4.52 Å². The van der Waals surface area contributed by atoms with E-state index in [1.807, 2.05) is 24.3 Å². The molecule has 0 saturated heterocycles. The van der Waals surface area contributed by atoms with Gasteiger partial charge in [-0.3, -0.25) is 4.57 Å². The molecule has 14 heavy (non-hydrogen) atoms. The molecule has 0 aromatic heterocycles. The number of allylic oxidation sites excluding steroid dienone is 6. The Morgan fingerprint density at radius 3 is 2.79 bits per heavy atom. The Morgan fingerprint density at radius 2 is 2.21 bits per heavy atom. The zero-order valence-electron chi connectivity index (χ0n) is 8.86. The fourth-order valence-corrected chi connectivity index (χ4v) is 2.43. The summed E-state index contributed by atoms with van der Waals surface area (Å²) in [5.41, 5.74) is 1.06. The van der Waals surface area contributed by atoms with Gasteiger partial charge in [-0.25, -0.2) is 0 Å². The predicted molar refractivity (Wildman–Crippen MR) is 61.0 cm³/mol. The standard InChI is InChI=1S/C11H17O2P/c1-9(2)8-10-6-4-5-7-11(10)14(12)13-3/h4-9,11,14H,1-3H3.